The molecular weight excluding hydrogens is 272 g/mol. The van der Waals surface area contributed by atoms with Gasteiger partial charge in [0, 0.05) is 0 Å². The molecule has 0 unspecified atom stereocenters. The minimum absolute atomic E-state index is 0.128. The van der Waals surface area contributed by atoms with Crippen molar-refractivity contribution in [2.24, 2.45) is 0 Å². The van der Waals surface area contributed by atoms with Crippen LogP contribution in [-0.4, -0.2) is 11.6 Å². The van der Waals surface area contributed by atoms with Gasteiger partial charge in [-0.15, -0.1) is 0 Å². The maximum absolute atomic E-state index is 11.8. The summed E-state index contributed by atoms with van der Waals surface area (Å²) in [7, 11) is 0. The van der Waals surface area contributed by atoms with Crippen molar-refractivity contribution >= 4 is 11.6 Å². The molecule has 0 aromatic carbocycles. The Morgan fingerprint density at radius 2 is 1.27 bits per heavy atom. The Balaban J connectivity index is 4.66. The number of carbonyl (C=O) groups is 2. The Labute approximate surface area is 133 Å². The topological polar surface area (TPSA) is 34.1 Å². The summed E-state index contributed by atoms with van der Waals surface area (Å²) < 4.78 is 0. The van der Waals surface area contributed by atoms with E-state index in [2.05, 4.69) is 6.58 Å². The van der Waals surface area contributed by atoms with E-state index in [1.807, 2.05) is 51.2 Å². The van der Waals surface area contributed by atoms with E-state index in [1.54, 1.807) is 24.3 Å². The highest BCUT2D eigenvalue weighted by atomic mass is 16.1. The van der Waals surface area contributed by atoms with Crippen molar-refractivity contribution in [2.45, 2.75) is 27.2 Å². The molecule has 0 rings (SSSR count). The van der Waals surface area contributed by atoms with Crippen LogP contribution in [0.25, 0.3) is 0 Å². The number of rotatable bonds is 9. The lowest BCUT2D eigenvalue weighted by Gasteiger charge is -1.94. The molecule has 0 bridgehead atoms. The first-order valence-corrected chi connectivity index (χ1v) is 7.23. The quantitative estimate of drug-likeness (QED) is 0.347. The summed E-state index contributed by atoms with van der Waals surface area (Å²) in [5.74, 6) is -0.430. The third-order valence-electron chi connectivity index (χ3n) is 2.63. The number of carbonyl (C=O) groups excluding carboxylic acids is 2. The third kappa shape index (κ3) is 9.43. The average molecular weight is 296 g/mol. The van der Waals surface area contributed by atoms with Crippen molar-refractivity contribution < 1.29 is 9.59 Å². The van der Waals surface area contributed by atoms with E-state index >= 15 is 0 Å². The predicted octanol–water partition coefficient (Wildman–Crippen LogP) is 4.84. The lowest BCUT2D eigenvalue weighted by Crippen LogP contribution is -2.02. The molecule has 0 aliphatic heterocycles. The zero-order chi connectivity index (χ0) is 16.8. The number of allylic oxidation sites excluding steroid dienone is 13. The Morgan fingerprint density at radius 3 is 1.73 bits per heavy atom. The van der Waals surface area contributed by atoms with Crippen LogP contribution in [-0.2, 0) is 9.59 Å². The molecule has 116 valence electrons. The molecule has 0 aromatic rings. The molecule has 2 nitrogen and oxygen atoms in total. The van der Waals surface area contributed by atoms with Crippen LogP contribution in [0.5, 0.6) is 0 Å². The van der Waals surface area contributed by atoms with Gasteiger partial charge in [0.25, 0.3) is 0 Å². The van der Waals surface area contributed by atoms with Crippen LogP contribution < -0.4 is 0 Å². The van der Waals surface area contributed by atoms with Gasteiger partial charge in [0.05, 0.1) is 6.42 Å². The first kappa shape index (κ1) is 19.5. The second kappa shape index (κ2) is 12.3. The Hall–Kier alpha value is -2.48. The molecule has 0 saturated heterocycles. The highest BCUT2D eigenvalue weighted by Crippen LogP contribution is 2.03. The van der Waals surface area contributed by atoms with E-state index in [-0.39, 0.29) is 18.0 Å². The molecule has 0 saturated carbocycles. The maximum Gasteiger partial charge on any atom is 0.163 e. The fourth-order valence-corrected chi connectivity index (χ4v) is 1.60. The summed E-state index contributed by atoms with van der Waals surface area (Å²) in [6, 6.07) is 0. The SMILES string of the molecule is C=C/C=C(\C=C/C)/C=C/C(=O)CC(=O)/C=C/C(/C=C\C)=C/C. The largest absolute Gasteiger partial charge is 0.294 e. The van der Waals surface area contributed by atoms with Gasteiger partial charge in [0.1, 0.15) is 0 Å². The van der Waals surface area contributed by atoms with Gasteiger partial charge in [-0.2, -0.15) is 0 Å². The molecule has 0 N–H and O–H groups in total. The van der Waals surface area contributed by atoms with Gasteiger partial charge in [-0.05, 0) is 44.1 Å². The maximum atomic E-state index is 11.8. The summed E-state index contributed by atoms with van der Waals surface area (Å²) in [6.45, 7) is 9.32. The zero-order valence-corrected chi connectivity index (χ0v) is 13.6. The monoisotopic (exact) mass is 296 g/mol. The highest BCUT2D eigenvalue weighted by Gasteiger charge is 2.03. The molecule has 0 atom stereocenters. The third-order valence-corrected chi connectivity index (χ3v) is 2.63. The normalized spacial score (nSPS) is 13.8. The van der Waals surface area contributed by atoms with E-state index < -0.39 is 0 Å². The second-order valence-electron chi connectivity index (χ2n) is 4.47. The van der Waals surface area contributed by atoms with Crippen molar-refractivity contribution in [3.05, 3.63) is 84.6 Å². The van der Waals surface area contributed by atoms with E-state index in [1.165, 1.54) is 12.2 Å². The predicted molar refractivity (Wildman–Crippen MR) is 94.6 cm³/mol. The van der Waals surface area contributed by atoms with Crippen LogP contribution in [0.3, 0.4) is 0 Å². The van der Waals surface area contributed by atoms with Crippen molar-refractivity contribution in [3.8, 4) is 0 Å². The van der Waals surface area contributed by atoms with Gasteiger partial charge in [-0.3, -0.25) is 9.59 Å². The lowest BCUT2D eigenvalue weighted by molar-refractivity contribution is -0.121. The van der Waals surface area contributed by atoms with Crippen LogP contribution in [0.15, 0.2) is 84.6 Å². The summed E-state index contributed by atoms with van der Waals surface area (Å²) in [5, 5.41) is 0. The van der Waals surface area contributed by atoms with Gasteiger partial charge in [0.2, 0.25) is 0 Å². The van der Waals surface area contributed by atoms with Gasteiger partial charge in [-0.25, -0.2) is 0 Å². The molecule has 0 aliphatic rings. The Kier molecular flexibility index (Phi) is 10.9. The van der Waals surface area contributed by atoms with E-state index in [4.69, 9.17) is 0 Å². The summed E-state index contributed by atoms with van der Waals surface area (Å²) >= 11 is 0. The van der Waals surface area contributed by atoms with E-state index in [0.29, 0.717) is 0 Å². The molecule has 22 heavy (non-hydrogen) atoms. The Bertz CT molecular complexity index is 565. The summed E-state index contributed by atoms with van der Waals surface area (Å²) in [6.07, 6.45) is 19.0. The second-order valence-corrected chi connectivity index (χ2v) is 4.47. The molecule has 0 heterocycles. The van der Waals surface area contributed by atoms with Crippen LogP contribution in [0.4, 0.5) is 0 Å². The molecule has 0 spiro atoms. The minimum Gasteiger partial charge on any atom is -0.294 e. The molecule has 0 aromatic heterocycles. The van der Waals surface area contributed by atoms with Crippen molar-refractivity contribution in [2.75, 3.05) is 0 Å². The number of ketones is 2. The van der Waals surface area contributed by atoms with Crippen LogP contribution in [0.2, 0.25) is 0 Å². The molecular formula is C20H24O2. The van der Waals surface area contributed by atoms with Gasteiger partial charge < -0.3 is 0 Å². The van der Waals surface area contributed by atoms with E-state index in [0.717, 1.165) is 11.1 Å². The minimum atomic E-state index is -0.220. The first-order chi connectivity index (χ1) is 10.6. The van der Waals surface area contributed by atoms with Crippen molar-refractivity contribution in [3.63, 3.8) is 0 Å². The highest BCUT2D eigenvalue weighted by molar-refractivity contribution is 6.08. The summed E-state index contributed by atoms with van der Waals surface area (Å²) in [5.41, 5.74) is 1.79. The van der Waals surface area contributed by atoms with Gasteiger partial charge in [-0.1, -0.05) is 61.3 Å². The van der Waals surface area contributed by atoms with Crippen molar-refractivity contribution in [1.82, 2.24) is 0 Å². The molecule has 0 radical (unpaired) electrons. The van der Waals surface area contributed by atoms with Crippen LogP contribution in [0, 0.1) is 0 Å². The van der Waals surface area contributed by atoms with Crippen LogP contribution in [0.1, 0.15) is 27.2 Å². The van der Waals surface area contributed by atoms with Gasteiger partial charge in [0.15, 0.2) is 11.6 Å². The molecule has 2 heteroatoms. The first-order valence-electron chi connectivity index (χ1n) is 7.23. The van der Waals surface area contributed by atoms with Crippen molar-refractivity contribution in [1.29, 1.82) is 0 Å². The van der Waals surface area contributed by atoms with Crippen LogP contribution >= 0.6 is 0 Å². The fourth-order valence-electron chi connectivity index (χ4n) is 1.60. The molecule has 0 fully saturated rings. The number of hydrogen-bond acceptors (Lipinski definition) is 2. The molecule has 0 aliphatic carbocycles. The summed E-state index contributed by atoms with van der Waals surface area (Å²) in [4.78, 5) is 23.5. The number of hydrogen-bond donors (Lipinski definition) is 0. The lowest BCUT2D eigenvalue weighted by atomic mass is 10.1. The fraction of sp³-hybridized carbons (Fsp3) is 0.200. The molecule has 0 amide bonds. The average Bonchev–Trinajstić information content (AvgIpc) is 2.49. The van der Waals surface area contributed by atoms with E-state index in [9.17, 15) is 9.59 Å². The zero-order valence-electron chi connectivity index (χ0n) is 13.6. The standard InChI is InChI=1S/C20H24O2/c1-5-9-17(8-4)12-14-19(21)16-20(22)15-13-18(10-6-2)11-7-3/h5-15H,2,16H2,1,3-4H3/b9-5-,11-7-,14-12+,15-13+,17-8+,18-10+. The van der Waals surface area contributed by atoms with Gasteiger partial charge >= 0.3 is 0 Å². The Morgan fingerprint density at radius 1 is 0.773 bits per heavy atom. The smallest absolute Gasteiger partial charge is 0.163 e.